The number of aliphatic carboxylic acids is 1. The molecule has 1 amide bonds. The molecule has 1 N–H and O–H groups in total. The summed E-state index contributed by atoms with van der Waals surface area (Å²) in [6.45, 7) is 2.76. The van der Waals surface area contributed by atoms with Gasteiger partial charge in [0.1, 0.15) is 0 Å². The molecular weight excluding hydrogens is 357 g/mol. The highest BCUT2D eigenvalue weighted by Crippen LogP contribution is 2.24. The lowest BCUT2D eigenvalue weighted by atomic mass is 9.99. The largest absolute Gasteiger partial charge is 0.481 e. The second-order valence-electron chi connectivity index (χ2n) is 4.99. The number of carboxylic acid groups (broad SMARTS) is 1. The lowest BCUT2D eigenvalue weighted by Gasteiger charge is -2.16. The number of hydrogen-bond donors (Lipinski definition) is 1. The number of hydrogen-bond acceptors (Lipinski definition) is 2. The number of carboxylic acids is 1. The van der Waals surface area contributed by atoms with E-state index < -0.39 is 11.9 Å². The molecule has 1 saturated heterocycles. The first kappa shape index (κ1) is 14.3. The van der Waals surface area contributed by atoms with Crippen LogP contribution in [-0.4, -0.2) is 35.0 Å². The number of halogens is 1. The summed E-state index contributed by atoms with van der Waals surface area (Å²) in [6.07, 6.45) is 0.345. The number of rotatable bonds is 3. The van der Waals surface area contributed by atoms with Gasteiger partial charge in [-0.1, -0.05) is 25.1 Å². The smallest absolute Gasteiger partial charge is 0.308 e. The Bertz CT molecular complexity index is 503. The summed E-state index contributed by atoms with van der Waals surface area (Å²) < 4.78 is 1.07. The molecule has 0 unspecified atom stereocenters. The summed E-state index contributed by atoms with van der Waals surface area (Å²) in [6, 6.07) is 7.76. The van der Waals surface area contributed by atoms with Gasteiger partial charge in [-0.3, -0.25) is 9.59 Å². The molecule has 19 heavy (non-hydrogen) atoms. The fraction of sp³-hybridized carbons (Fsp3) is 0.429. The van der Waals surface area contributed by atoms with E-state index in [0.29, 0.717) is 19.5 Å². The Morgan fingerprint density at radius 1 is 1.37 bits per heavy atom. The highest BCUT2D eigenvalue weighted by Gasteiger charge is 2.36. The second kappa shape index (κ2) is 5.90. The minimum absolute atomic E-state index is 0.0136. The molecule has 1 fully saturated rings. The number of carbonyl (C=O) groups excluding carboxylic acids is 1. The van der Waals surface area contributed by atoms with Crippen LogP contribution in [0.25, 0.3) is 0 Å². The molecule has 1 aromatic carbocycles. The zero-order valence-corrected chi connectivity index (χ0v) is 12.8. The number of benzene rings is 1. The molecule has 1 aromatic rings. The van der Waals surface area contributed by atoms with Crippen LogP contribution < -0.4 is 0 Å². The van der Waals surface area contributed by atoms with Crippen molar-refractivity contribution in [3.8, 4) is 0 Å². The van der Waals surface area contributed by atoms with E-state index in [1.165, 1.54) is 0 Å². The SMILES string of the molecule is C[C@@H]1CN(C(=O)Cc2ccccc2I)C[C@H]1C(=O)O. The molecule has 1 heterocycles. The van der Waals surface area contributed by atoms with Gasteiger partial charge in [0, 0.05) is 16.7 Å². The van der Waals surface area contributed by atoms with Gasteiger partial charge in [0.15, 0.2) is 0 Å². The fourth-order valence-electron chi connectivity index (χ4n) is 2.41. The van der Waals surface area contributed by atoms with Crippen molar-refractivity contribution in [2.45, 2.75) is 13.3 Å². The van der Waals surface area contributed by atoms with Crippen LogP contribution in [0, 0.1) is 15.4 Å². The van der Waals surface area contributed by atoms with Crippen LogP contribution >= 0.6 is 22.6 Å². The maximum absolute atomic E-state index is 12.2. The molecule has 0 radical (unpaired) electrons. The minimum Gasteiger partial charge on any atom is -0.481 e. The van der Waals surface area contributed by atoms with Crippen LogP contribution in [0.5, 0.6) is 0 Å². The maximum atomic E-state index is 12.2. The van der Waals surface area contributed by atoms with Gasteiger partial charge in [-0.25, -0.2) is 0 Å². The first-order valence-corrected chi connectivity index (χ1v) is 7.31. The molecule has 0 saturated carbocycles. The summed E-state index contributed by atoms with van der Waals surface area (Å²) in [4.78, 5) is 24.9. The second-order valence-corrected chi connectivity index (χ2v) is 6.15. The van der Waals surface area contributed by atoms with E-state index in [-0.39, 0.29) is 11.8 Å². The van der Waals surface area contributed by atoms with E-state index in [9.17, 15) is 9.59 Å². The first-order chi connectivity index (χ1) is 8.99. The van der Waals surface area contributed by atoms with Crippen LogP contribution in [0.2, 0.25) is 0 Å². The van der Waals surface area contributed by atoms with E-state index in [1.54, 1.807) is 4.90 Å². The molecule has 4 nitrogen and oxygen atoms in total. The Balaban J connectivity index is 2.02. The van der Waals surface area contributed by atoms with Gasteiger partial charge >= 0.3 is 5.97 Å². The topological polar surface area (TPSA) is 57.6 Å². The molecule has 102 valence electrons. The van der Waals surface area contributed by atoms with E-state index in [0.717, 1.165) is 9.13 Å². The Kier molecular flexibility index (Phi) is 4.44. The van der Waals surface area contributed by atoms with E-state index >= 15 is 0 Å². The fourth-order valence-corrected chi connectivity index (χ4v) is 2.99. The van der Waals surface area contributed by atoms with Gasteiger partial charge in [0.2, 0.25) is 5.91 Å². The van der Waals surface area contributed by atoms with Crippen LogP contribution in [-0.2, 0) is 16.0 Å². The van der Waals surface area contributed by atoms with Crippen LogP contribution in [0.3, 0.4) is 0 Å². The normalized spacial score (nSPS) is 22.5. The zero-order valence-electron chi connectivity index (χ0n) is 10.7. The quantitative estimate of drug-likeness (QED) is 0.825. The van der Waals surface area contributed by atoms with Crippen molar-refractivity contribution in [3.05, 3.63) is 33.4 Å². The molecule has 0 spiro atoms. The van der Waals surface area contributed by atoms with Crippen LogP contribution in [0.1, 0.15) is 12.5 Å². The summed E-state index contributed by atoms with van der Waals surface area (Å²) in [5.41, 5.74) is 1.000. The third kappa shape index (κ3) is 3.26. The van der Waals surface area contributed by atoms with Gasteiger partial charge in [-0.2, -0.15) is 0 Å². The van der Waals surface area contributed by atoms with Gasteiger partial charge in [0.25, 0.3) is 0 Å². The predicted octanol–water partition coefficient (Wildman–Crippen LogP) is 2.01. The molecule has 2 rings (SSSR count). The highest BCUT2D eigenvalue weighted by atomic mass is 127. The summed E-state index contributed by atoms with van der Waals surface area (Å²) in [5.74, 6) is -1.20. The van der Waals surface area contributed by atoms with Gasteiger partial charge in [-0.05, 0) is 40.1 Å². The Labute approximate surface area is 125 Å². The van der Waals surface area contributed by atoms with Crippen molar-refractivity contribution in [3.63, 3.8) is 0 Å². The van der Waals surface area contributed by atoms with E-state index in [4.69, 9.17) is 5.11 Å². The van der Waals surface area contributed by atoms with Crippen molar-refractivity contribution < 1.29 is 14.7 Å². The van der Waals surface area contributed by atoms with Crippen molar-refractivity contribution in [1.29, 1.82) is 0 Å². The van der Waals surface area contributed by atoms with Crippen LogP contribution in [0.4, 0.5) is 0 Å². The molecule has 0 aromatic heterocycles. The first-order valence-electron chi connectivity index (χ1n) is 6.23. The molecule has 2 atom stereocenters. The standard InChI is InChI=1S/C14H16INO3/c1-9-7-16(8-11(9)14(18)19)13(17)6-10-4-2-3-5-12(10)15/h2-5,9,11H,6-8H2,1H3,(H,18,19)/t9-,11-/m1/s1. The van der Waals surface area contributed by atoms with Gasteiger partial charge in [-0.15, -0.1) is 0 Å². The maximum Gasteiger partial charge on any atom is 0.308 e. The Morgan fingerprint density at radius 2 is 2.05 bits per heavy atom. The molecule has 5 heteroatoms. The van der Waals surface area contributed by atoms with Gasteiger partial charge < -0.3 is 10.0 Å². The number of nitrogens with zero attached hydrogens (tertiary/aromatic N) is 1. The number of amides is 1. The van der Waals surface area contributed by atoms with Crippen LogP contribution in [0.15, 0.2) is 24.3 Å². The predicted molar refractivity (Wildman–Crippen MR) is 79.7 cm³/mol. The minimum atomic E-state index is -0.808. The molecule has 0 bridgehead atoms. The molecular formula is C14H16INO3. The van der Waals surface area contributed by atoms with Crippen molar-refractivity contribution >= 4 is 34.5 Å². The van der Waals surface area contributed by atoms with Crippen molar-refractivity contribution in [2.75, 3.05) is 13.1 Å². The lowest BCUT2D eigenvalue weighted by Crippen LogP contribution is -2.31. The highest BCUT2D eigenvalue weighted by molar-refractivity contribution is 14.1. The lowest BCUT2D eigenvalue weighted by molar-refractivity contribution is -0.142. The van der Waals surface area contributed by atoms with Crippen molar-refractivity contribution in [2.24, 2.45) is 11.8 Å². The third-order valence-corrected chi connectivity index (χ3v) is 4.63. The summed E-state index contributed by atoms with van der Waals surface area (Å²) >= 11 is 2.21. The summed E-state index contributed by atoms with van der Waals surface area (Å²) in [7, 11) is 0. The number of likely N-dealkylation sites (tertiary alicyclic amines) is 1. The third-order valence-electron chi connectivity index (χ3n) is 3.58. The Hall–Kier alpha value is -1.11. The molecule has 0 aliphatic carbocycles. The molecule has 1 aliphatic rings. The monoisotopic (exact) mass is 373 g/mol. The average Bonchev–Trinajstić information content (AvgIpc) is 2.74. The average molecular weight is 373 g/mol. The number of carbonyl (C=O) groups is 2. The van der Waals surface area contributed by atoms with Gasteiger partial charge in [0.05, 0.1) is 12.3 Å². The summed E-state index contributed by atoms with van der Waals surface area (Å²) in [5, 5.41) is 9.08. The Morgan fingerprint density at radius 3 is 2.63 bits per heavy atom. The molecule has 1 aliphatic heterocycles. The van der Waals surface area contributed by atoms with E-state index in [1.807, 2.05) is 31.2 Å². The van der Waals surface area contributed by atoms with Crippen molar-refractivity contribution in [1.82, 2.24) is 4.90 Å². The zero-order chi connectivity index (χ0) is 14.0. The van der Waals surface area contributed by atoms with E-state index in [2.05, 4.69) is 22.6 Å².